The number of aromatic nitrogens is 2. The van der Waals surface area contributed by atoms with Crippen LogP contribution in [0.1, 0.15) is 29.9 Å². The predicted molar refractivity (Wildman–Crippen MR) is 85.1 cm³/mol. The van der Waals surface area contributed by atoms with E-state index in [0.717, 1.165) is 11.9 Å². The van der Waals surface area contributed by atoms with Crippen molar-refractivity contribution in [1.29, 1.82) is 0 Å². The highest BCUT2D eigenvalue weighted by Gasteiger charge is 2.16. The van der Waals surface area contributed by atoms with Crippen LogP contribution in [0.3, 0.4) is 0 Å². The Morgan fingerprint density at radius 1 is 1.33 bits per heavy atom. The van der Waals surface area contributed by atoms with Gasteiger partial charge in [0, 0.05) is 17.2 Å². The largest absolute Gasteiger partial charge is 0.475 e. The minimum Gasteiger partial charge on any atom is -0.475 e. The highest BCUT2D eigenvalue weighted by molar-refractivity contribution is 7.99. The molecular weight excluding hydrogens is 286 g/mol. The Kier molecular flexibility index (Phi) is 4.24. The molecule has 21 heavy (non-hydrogen) atoms. The van der Waals surface area contributed by atoms with Crippen molar-refractivity contribution >= 4 is 34.5 Å². The maximum absolute atomic E-state index is 11.1. The molecular formula is C15H17N3O2S. The van der Waals surface area contributed by atoms with Gasteiger partial charge in [-0.15, -0.1) is 0 Å². The summed E-state index contributed by atoms with van der Waals surface area (Å²) in [7, 11) is 0. The van der Waals surface area contributed by atoms with Crippen molar-refractivity contribution in [3.8, 4) is 0 Å². The monoisotopic (exact) mass is 303 g/mol. The molecule has 0 radical (unpaired) electrons. The number of hydrogen-bond acceptors (Lipinski definition) is 5. The van der Waals surface area contributed by atoms with Gasteiger partial charge in [-0.25, -0.2) is 14.8 Å². The predicted octanol–water partition coefficient (Wildman–Crippen LogP) is 3.03. The third kappa shape index (κ3) is 3.26. The zero-order chi connectivity index (χ0) is 14.7. The van der Waals surface area contributed by atoms with Crippen LogP contribution in [0.25, 0.3) is 10.9 Å². The second kappa shape index (κ2) is 6.30. The number of nitrogens with one attached hydrogen (secondary N) is 1. The summed E-state index contributed by atoms with van der Waals surface area (Å²) in [6.45, 7) is 0.810. The summed E-state index contributed by atoms with van der Waals surface area (Å²) >= 11 is 1.98. The van der Waals surface area contributed by atoms with E-state index < -0.39 is 5.97 Å². The number of fused-ring (bicyclic) bond motifs is 1. The summed E-state index contributed by atoms with van der Waals surface area (Å²) in [5, 5.41) is 13.9. The number of carbonyl (C=O) groups is 1. The van der Waals surface area contributed by atoms with Crippen LogP contribution in [0, 0.1) is 0 Å². The molecule has 0 bridgehead atoms. The first-order chi connectivity index (χ1) is 10.2. The van der Waals surface area contributed by atoms with Crippen molar-refractivity contribution in [3.05, 3.63) is 30.1 Å². The standard InChI is InChI=1S/C15H17N3O2S/c19-15(20)14-17-12-7-2-1-6-11(12)13(18-14)16-9-10-5-3-4-8-21-10/h1-2,6-7,10H,3-5,8-9H2,(H,19,20)(H,16,17,18). The van der Waals surface area contributed by atoms with Crippen LogP contribution in [0.15, 0.2) is 24.3 Å². The van der Waals surface area contributed by atoms with Crippen LogP contribution in [-0.4, -0.2) is 38.6 Å². The molecule has 1 aliphatic rings. The molecule has 2 aromatic rings. The molecule has 1 saturated heterocycles. The lowest BCUT2D eigenvalue weighted by Crippen LogP contribution is -2.21. The van der Waals surface area contributed by atoms with Gasteiger partial charge >= 0.3 is 5.97 Å². The lowest BCUT2D eigenvalue weighted by molar-refractivity contribution is 0.0684. The number of para-hydroxylation sites is 1. The third-order valence-electron chi connectivity index (χ3n) is 3.57. The fraction of sp³-hybridized carbons (Fsp3) is 0.400. The molecule has 1 unspecified atom stereocenters. The second-order valence-electron chi connectivity index (χ2n) is 5.09. The molecule has 6 heteroatoms. The zero-order valence-electron chi connectivity index (χ0n) is 11.6. The molecule has 110 valence electrons. The highest BCUT2D eigenvalue weighted by Crippen LogP contribution is 2.26. The summed E-state index contributed by atoms with van der Waals surface area (Å²) in [6.07, 6.45) is 3.76. The number of nitrogens with zero attached hydrogens (tertiary/aromatic N) is 2. The Balaban J connectivity index is 1.86. The molecule has 1 aromatic heterocycles. The Hall–Kier alpha value is -1.82. The van der Waals surface area contributed by atoms with Crippen molar-refractivity contribution in [2.24, 2.45) is 0 Å². The Morgan fingerprint density at radius 2 is 2.19 bits per heavy atom. The van der Waals surface area contributed by atoms with Crippen LogP contribution >= 0.6 is 11.8 Å². The number of hydrogen-bond donors (Lipinski definition) is 2. The molecule has 5 nitrogen and oxygen atoms in total. The molecule has 3 rings (SSSR count). The first-order valence-electron chi connectivity index (χ1n) is 7.09. The molecule has 2 heterocycles. The number of benzene rings is 1. The molecule has 1 aliphatic heterocycles. The van der Waals surface area contributed by atoms with Gasteiger partial charge < -0.3 is 10.4 Å². The summed E-state index contributed by atoms with van der Waals surface area (Å²) in [4.78, 5) is 19.4. The lowest BCUT2D eigenvalue weighted by atomic mass is 10.2. The SMILES string of the molecule is O=C(O)c1nc(NCC2CCCCS2)c2ccccc2n1. The van der Waals surface area contributed by atoms with Gasteiger partial charge in [0.15, 0.2) is 0 Å². The number of carboxylic acids is 1. The molecule has 2 N–H and O–H groups in total. The van der Waals surface area contributed by atoms with Crippen molar-refractivity contribution < 1.29 is 9.90 Å². The van der Waals surface area contributed by atoms with Crippen molar-refractivity contribution in [2.45, 2.75) is 24.5 Å². The second-order valence-corrected chi connectivity index (χ2v) is 6.50. The fourth-order valence-electron chi connectivity index (χ4n) is 2.49. The Labute approximate surface area is 127 Å². The maximum Gasteiger partial charge on any atom is 0.374 e. The first-order valence-corrected chi connectivity index (χ1v) is 8.14. The number of anilines is 1. The number of aromatic carboxylic acids is 1. The molecule has 1 aromatic carbocycles. The van der Waals surface area contributed by atoms with E-state index >= 15 is 0 Å². The van der Waals surface area contributed by atoms with E-state index in [0.29, 0.717) is 16.6 Å². The maximum atomic E-state index is 11.1. The molecule has 0 spiro atoms. The fourth-order valence-corrected chi connectivity index (χ4v) is 3.72. The van der Waals surface area contributed by atoms with E-state index in [-0.39, 0.29) is 5.82 Å². The molecule has 1 fully saturated rings. The average Bonchev–Trinajstić information content (AvgIpc) is 2.53. The van der Waals surface area contributed by atoms with E-state index in [4.69, 9.17) is 5.11 Å². The van der Waals surface area contributed by atoms with E-state index in [9.17, 15) is 4.79 Å². The number of rotatable bonds is 4. The molecule has 0 aliphatic carbocycles. The molecule has 0 amide bonds. The van der Waals surface area contributed by atoms with Gasteiger partial charge in [0.1, 0.15) is 5.82 Å². The summed E-state index contributed by atoms with van der Waals surface area (Å²) in [5.41, 5.74) is 0.656. The quantitative estimate of drug-likeness (QED) is 0.904. The zero-order valence-corrected chi connectivity index (χ0v) is 12.4. The third-order valence-corrected chi connectivity index (χ3v) is 4.96. The van der Waals surface area contributed by atoms with E-state index in [1.165, 1.54) is 25.0 Å². The van der Waals surface area contributed by atoms with E-state index in [2.05, 4.69) is 15.3 Å². The van der Waals surface area contributed by atoms with Crippen molar-refractivity contribution in [3.63, 3.8) is 0 Å². The van der Waals surface area contributed by atoms with Crippen molar-refractivity contribution in [2.75, 3.05) is 17.6 Å². The summed E-state index contributed by atoms with van der Waals surface area (Å²) in [6, 6.07) is 7.48. The van der Waals surface area contributed by atoms with Gasteiger partial charge in [-0.2, -0.15) is 11.8 Å². The Morgan fingerprint density at radius 3 is 2.95 bits per heavy atom. The van der Waals surface area contributed by atoms with Crippen LogP contribution in [0.4, 0.5) is 5.82 Å². The van der Waals surface area contributed by atoms with Gasteiger partial charge in [0.2, 0.25) is 5.82 Å². The minimum atomic E-state index is -1.10. The van der Waals surface area contributed by atoms with E-state index in [1.807, 2.05) is 36.0 Å². The van der Waals surface area contributed by atoms with Crippen LogP contribution in [0.2, 0.25) is 0 Å². The summed E-state index contributed by atoms with van der Waals surface area (Å²) in [5.74, 6) is 0.560. The average molecular weight is 303 g/mol. The van der Waals surface area contributed by atoms with Crippen LogP contribution in [0.5, 0.6) is 0 Å². The lowest BCUT2D eigenvalue weighted by Gasteiger charge is -2.22. The molecule has 1 atom stereocenters. The smallest absolute Gasteiger partial charge is 0.374 e. The van der Waals surface area contributed by atoms with Gasteiger partial charge in [-0.05, 0) is 30.7 Å². The van der Waals surface area contributed by atoms with Gasteiger partial charge in [-0.3, -0.25) is 0 Å². The minimum absolute atomic E-state index is 0.160. The number of thioether (sulfide) groups is 1. The van der Waals surface area contributed by atoms with Gasteiger partial charge in [0.05, 0.1) is 5.52 Å². The topological polar surface area (TPSA) is 75.1 Å². The van der Waals surface area contributed by atoms with Crippen LogP contribution < -0.4 is 5.32 Å². The highest BCUT2D eigenvalue weighted by atomic mass is 32.2. The number of carboxylic acid groups (broad SMARTS) is 1. The summed E-state index contributed by atoms with van der Waals surface area (Å²) < 4.78 is 0. The first kappa shape index (κ1) is 14.1. The van der Waals surface area contributed by atoms with Crippen molar-refractivity contribution in [1.82, 2.24) is 9.97 Å². The Bertz CT molecular complexity index is 656. The molecule has 0 saturated carbocycles. The van der Waals surface area contributed by atoms with Gasteiger partial charge in [-0.1, -0.05) is 18.6 Å². The van der Waals surface area contributed by atoms with Crippen LogP contribution in [-0.2, 0) is 0 Å². The normalized spacial score (nSPS) is 18.6. The van der Waals surface area contributed by atoms with E-state index in [1.54, 1.807) is 0 Å². The van der Waals surface area contributed by atoms with Gasteiger partial charge in [0.25, 0.3) is 0 Å².